The first-order valence-corrected chi connectivity index (χ1v) is 22.6. The van der Waals surface area contributed by atoms with E-state index >= 15 is 0 Å². The third-order valence-electron chi connectivity index (χ3n) is 13.7. The van der Waals surface area contributed by atoms with Gasteiger partial charge in [-0.15, -0.1) is 0 Å². The molecule has 4 aromatic carbocycles. The Labute approximate surface area is 360 Å². The van der Waals surface area contributed by atoms with E-state index in [0.717, 1.165) is 105 Å². The van der Waals surface area contributed by atoms with Crippen molar-refractivity contribution in [2.75, 3.05) is 39.8 Å². The molecular weight excluding hydrogens is 739 g/mol. The standard InChI is InChI=1S/C53H69N5O2/c1-51(2,3)43-32-38(20-17-28-57-30-19-31-58-29-18-27-56(8)50(57)58)48(59)39(33-43)36-54-46-25-15-16-26-47(46)55-37-40-34-44(52(4,5)41-21-11-9-12-22-41)35-45(49(40)60)53(6,7)42-23-13-10-14-24-42/h9-14,21-24,32-37,46-47H,15-20,25-31H2,1-8H3,(H-,54,55,59,60)/p+1. The number of phenols is 2. The second-order valence-corrected chi connectivity index (χ2v) is 19.7. The number of fused-ring (bicyclic) bond motifs is 1. The largest absolute Gasteiger partial charge is 0.507 e. The summed E-state index contributed by atoms with van der Waals surface area (Å²) in [5, 5.41) is 23.9. The second-order valence-electron chi connectivity index (χ2n) is 19.7. The van der Waals surface area contributed by atoms with Crippen molar-refractivity contribution >= 4 is 18.4 Å². The molecule has 1 saturated heterocycles. The molecule has 7 rings (SSSR count). The van der Waals surface area contributed by atoms with Gasteiger partial charge in [0.15, 0.2) is 0 Å². The monoisotopic (exact) mass is 809 g/mol. The van der Waals surface area contributed by atoms with Crippen LogP contribution < -0.4 is 0 Å². The molecule has 0 amide bonds. The Kier molecular flexibility index (Phi) is 12.9. The van der Waals surface area contributed by atoms with E-state index in [2.05, 4.69) is 149 Å². The van der Waals surface area contributed by atoms with E-state index in [-0.39, 0.29) is 28.7 Å². The molecule has 1 aliphatic carbocycles. The number of hydrogen-bond acceptors (Lipinski definition) is 6. The molecule has 0 bridgehead atoms. The summed E-state index contributed by atoms with van der Waals surface area (Å²) in [7, 11) is 2.23. The zero-order valence-corrected chi connectivity index (χ0v) is 37.7. The number of rotatable bonds is 12. The zero-order valence-electron chi connectivity index (χ0n) is 37.7. The van der Waals surface area contributed by atoms with Gasteiger partial charge >= 0.3 is 5.96 Å². The second kappa shape index (κ2) is 18.0. The molecule has 3 aliphatic rings. The molecule has 2 atom stereocenters. The van der Waals surface area contributed by atoms with Crippen LogP contribution in [0.1, 0.15) is 138 Å². The SMILES string of the molecule is C[N+]1=C2N(CCCc3cc(C(C)(C)C)cc(C=NC4CCCCC4N=Cc4cc(C(C)(C)c5ccccc5)cc(C(C)(C)c5ccccc5)c4O)c3O)CCCN2CCC1. The predicted molar refractivity (Wildman–Crippen MR) is 250 cm³/mol. The van der Waals surface area contributed by atoms with Gasteiger partial charge < -0.3 is 10.2 Å². The minimum atomic E-state index is -0.448. The number of nitrogens with zero attached hydrogens (tertiary/aromatic N) is 5. The molecule has 4 aromatic rings. The highest BCUT2D eigenvalue weighted by atomic mass is 16.3. The summed E-state index contributed by atoms with van der Waals surface area (Å²) < 4.78 is 2.42. The fourth-order valence-electron chi connectivity index (χ4n) is 9.67. The van der Waals surface area contributed by atoms with Crippen LogP contribution in [0.4, 0.5) is 0 Å². The van der Waals surface area contributed by atoms with Crippen LogP contribution in [0.2, 0.25) is 0 Å². The lowest BCUT2D eigenvalue weighted by Gasteiger charge is -2.36. The van der Waals surface area contributed by atoms with Crippen molar-refractivity contribution in [3.63, 3.8) is 0 Å². The fourth-order valence-corrected chi connectivity index (χ4v) is 9.67. The molecule has 318 valence electrons. The lowest BCUT2D eigenvalue weighted by molar-refractivity contribution is -0.515. The van der Waals surface area contributed by atoms with Gasteiger partial charge in [0.1, 0.15) is 11.5 Å². The van der Waals surface area contributed by atoms with Crippen molar-refractivity contribution < 1.29 is 14.8 Å². The molecule has 2 N–H and O–H groups in total. The van der Waals surface area contributed by atoms with E-state index in [0.29, 0.717) is 5.75 Å². The lowest BCUT2D eigenvalue weighted by Crippen LogP contribution is -2.57. The first-order valence-electron chi connectivity index (χ1n) is 22.6. The molecular formula is C53H70N5O2+. The molecule has 60 heavy (non-hydrogen) atoms. The van der Waals surface area contributed by atoms with Gasteiger partial charge in [0.2, 0.25) is 0 Å². The molecule has 0 radical (unpaired) electrons. The summed E-state index contributed by atoms with van der Waals surface area (Å²) >= 11 is 0. The van der Waals surface area contributed by atoms with Crippen LogP contribution in [0.25, 0.3) is 0 Å². The molecule has 2 heterocycles. The molecule has 7 nitrogen and oxygen atoms in total. The lowest BCUT2D eigenvalue weighted by atomic mass is 9.72. The van der Waals surface area contributed by atoms with Crippen molar-refractivity contribution in [3.8, 4) is 11.5 Å². The van der Waals surface area contributed by atoms with Gasteiger partial charge in [-0.2, -0.15) is 0 Å². The highest BCUT2D eigenvalue weighted by Crippen LogP contribution is 2.43. The summed E-state index contributed by atoms with van der Waals surface area (Å²) in [6.45, 7) is 21.1. The average molecular weight is 809 g/mol. The van der Waals surface area contributed by atoms with Gasteiger partial charge in [0, 0.05) is 52.8 Å². The maximum absolute atomic E-state index is 12.1. The maximum atomic E-state index is 12.1. The molecule has 0 aromatic heterocycles. The molecule has 2 unspecified atom stereocenters. The van der Waals surface area contributed by atoms with E-state index in [9.17, 15) is 10.2 Å². The van der Waals surface area contributed by atoms with Crippen molar-refractivity contribution in [2.24, 2.45) is 9.98 Å². The number of guanidine groups is 1. The number of aromatic hydroxyl groups is 2. The van der Waals surface area contributed by atoms with Crippen molar-refractivity contribution in [3.05, 3.63) is 129 Å². The van der Waals surface area contributed by atoms with Crippen LogP contribution in [-0.4, -0.2) is 94.8 Å². The van der Waals surface area contributed by atoms with Crippen LogP contribution in [0.15, 0.2) is 94.9 Å². The number of benzene rings is 4. The molecule has 2 aliphatic heterocycles. The Morgan fingerprint density at radius 3 is 1.83 bits per heavy atom. The Balaban J connectivity index is 1.16. The highest BCUT2D eigenvalue weighted by Gasteiger charge is 2.35. The highest BCUT2D eigenvalue weighted by molar-refractivity contribution is 5.86. The van der Waals surface area contributed by atoms with Gasteiger partial charge in [-0.3, -0.25) is 24.4 Å². The van der Waals surface area contributed by atoms with Crippen molar-refractivity contribution in [2.45, 2.75) is 128 Å². The Morgan fingerprint density at radius 2 is 1.22 bits per heavy atom. The zero-order chi connectivity index (χ0) is 42.7. The average Bonchev–Trinajstić information content (AvgIpc) is 3.24. The van der Waals surface area contributed by atoms with Crippen LogP contribution in [0.5, 0.6) is 11.5 Å². The molecule has 1 saturated carbocycles. The Bertz CT molecular complexity index is 2200. The molecule has 2 fully saturated rings. The number of hydrogen-bond donors (Lipinski definition) is 2. The third kappa shape index (κ3) is 9.36. The van der Waals surface area contributed by atoms with Crippen LogP contribution in [-0.2, 0) is 22.7 Å². The molecule has 7 heteroatoms. The van der Waals surface area contributed by atoms with Crippen LogP contribution in [0, 0.1) is 0 Å². The summed E-state index contributed by atoms with van der Waals surface area (Å²) in [4.78, 5) is 15.6. The third-order valence-corrected chi connectivity index (χ3v) is 13.7. The van der Waals surface area contributed by atoms with Gasteiger partial charge in [0.05, 0.1) is 51.9 Å². The number of aliphatic imine (C=N–C) groups is 2. The van der Waals surface area contributed by atoms with Crippen molar-refractivity contribution in [1.29, 1.82) is 0 Å². The predicted octanol–water partition coefficient (Wildman–Crippen LogP) is 10.2. The quantitative estimate of drug-likeness (QED) is 0.110. The van der Waals surface area contributed by atoms with Gasteiger partial charge in [-0.1, -0.05) is 134 Å². The smallest absolute Gasteiger partial charge is 0.350 e. The van der Waals surface area contributed by atoms with Gasteiger partial charge in [-0.05, 0) is 71.0 Å². The minimum absolute atomic E-state index is 0.0194. The first kappa shape index (κ1) is 43.2. The Hall–Kier alpha value is -4.91. The van der Waals surface area contributed by atoms with Crippen LogP contribution in [0.3, 0.4) is 0 Å². The van der Waals surface area contributed by atoms with E-state index in [1.165, 1.54) is 29.9 Å². The normalized spacial score (nSPS) is 19.4. The van der Waals surface area contributed by atoms with Crippen molar-refractivity contribution in [1.82, 2.24) is 9.80 Å². The summed E-state index contributed by atoms with van der Waals surface area (Å²) in [5.41, 5.74) is 7.29. The van der Waals surface area contributed by atoms with E-state index in [1.54, 1.807) is 0 Å². The summed E-state index contributed by atoms with van der Waals surface area (Å²) in [5.74, 6) is 2.00. The van der Waals surface area contributed by atoms with Gasteiger partial charge in [0.25, 0.3) is 0 Å². The fraction of sp³-hybridized carbons (Fsp3) is 0.491. The summed E-state index contributed by atoms with van der Waals surface area (Å²) in [6, 6.07) is 29.7. The van der Waals surface area contributed by atoms with E-state index < -0.39 is 5.41 Å². The minimum Gasteiger partial charge on any atom is -0.507 e. The first-order chi connectivity index (χ1) is 28.6. The van der Waals surface area contributed by atoms with Crippen LogP contribution >= 0.6 is 0 Å². The molecule has 0 spiro atoms. The maximum Gasteiger partial charge on any atom is 0.350 e. The van der Waals surface area contributed by atoms with E-state index in [1.807, 2.05) is 18.5 Å². The summed E-state index contributed by atoms with van der Waals surface area (Å²) in [6.07, 6.45) is 12.1. The number of phenolic OH excluding ortho intramolecular Hbond substituents is 2. The number of aryl methyl sites for hydroxylation is 1. The Morgan fingerprint density at radius 1 is 0.650 bits per heavy atom. The topological polar surface area (TPSA) is 74.7 Å². The van der Waals surface area contributed by atoms with E-state index in [4.69, 9.17) is 9.98 Å². The van der Waals surface area contributed by atoms with Gasteiger partial charge in [-0.25, -0.2) is 0 Å².